The lowest BCUT2D eigenvalue weighted by Crippen LogP contribution is -2.24. The highest BCUT2D eigenvalue weighted by Gasteiger charge is 2.20. The van der Waals surface area contributed by atoms with Crippen LogP contribution >= 0.6 is 0 Å². The van der Waals surface area contributed by atoms with Crippen molar-refractivity contribution in [3.05, 3.63) is 41.5 Å². The predicted molar refractivity (Wildman–Crippen MR) is 77.4 cm³/mol. The average molecular weight is 273 g/mol. The molecule has 2 N–H and O–H groups in total. The van der Waals surface area contributed by atoms with Crippen LogP contribution in [-0.4, -0.2) is 23.5 Å². The number of carbonyl (C=O) groups is 2. The lowest BCUT2D eigenvalue weighted by atomic mass is 10.1. The molecule has 0 atom stereocenters. The number of nitrogens with one attached hydrogen (secondary N) is 1. The van der Waals surface area contributed by atoms with Gasteiger partial charge in [0.15, 0.2) is 0 Å². The fourth-order valence-corrected chi connectivity index (χ4v) is 2.01. The van der Waals surface area contributed by atoms with E-state index in [1.54, 1.807) is 24.3 Å². The maximum atomic E-state index is 11.9. The molecule has 1 fully saturated rings. The Labute approximate surface area is 118 Å². The van der Waals surface area contributed by atoms with Gasteiger partial charge in [-0.3, -0.25) is 4.79 Å². The lowest BCUT2D eigenvalue weighted by molar-refractivity contribution is -0.131. The summed E-state index contributed by atoms with van der Waals surface area (Å²) in [6, 6.07) is 6.88. The number of amides is 1. The van der Waals surface area contributed by atoms with Crippen LogP contribution in [0.15, 0.2) is 30.3 Å². The van der Waals surface area contributed by atoms with E-state index in [1.165, 1.54) is 25.3 Å². The van der Waals surface area contributed by atoms with E-state index in [-0.39, 0.29) is 5.91 Å². The van der Waals surface area contributed by atoms with E-state index >= 15 is 0 Å². The van der Waals surface area contributed by atoms with Gasteiger partial charge < -0.3 is 10.4 Å². The van der Waals surface area contributed by atoms with Gasteiger partial charge in [-0.1, -0.05) is 25.0 Å². The van der Waals surface area contributed by atoms with E-state index in [0.29, 0.717) is 5.56 Å². The van der Waals surface area contributed by atoms with Crippen LogP contribution in [0.3, 0.4) is 0 Å². The van der Waals surface area contributed by atoms with Gasteiger partial charge in [-0.15, -0.1) is 0 Å². The minimum absolute atomic E-state index is 0.0745. The molecule has 0 bridgehead atoms. The van der Waals surface area contributed by atoms with Crippen LogP contribution in [0.4, 0.5) is 0 Å². The number of carboxylic acid groups (broad SMARTS) is 1. The number of hydrogen-bond acceptors (Lipinski definition) is 2. The van der Waals surface area contributed by atoms with Gasteiger partial charge in [0.2, 0.25) is 0 Å². The molecule has 0 saturated heterocycles. The first-order valence-corrected chi connectivity index (χ1v) is 6.94. The first-order valence-electron chi connectivity index (χ1n) is 6.94. The van der Waals surface area contributed by atoms with Crippen LogP contribution in [0, 0.1) is 5.92 Å². The zero-order chi connectivity index (χ0) is 14.4. The molecule has 20 heavy (non-hydrogen) atoms. The second-order valence-electron chi connectivity index (χ2n) is 5.14. The smallest absolute Gasteiger partial charge is 0.328 e. The molecule has 1 amide bonds. The molecule has 0 heterocycles. The van der Waals surface area contributed by atoms with Gasteiger partial charge in [0.25, 0.3) is 5.91 Å². The quantitative estimate of drug-likeness (QED) is 0.593. The normalized spacial score (nSPS) is 14.4. The standard InChI is InChI=1S/C16H19NO3/c18-15(19)10-7-13-5-8-14(9-6-13)16(20)17-11-1-2-12-3-4-12/h5-10,12H,1-4,11H2,(H,17,20)(H,18,19)/b10-7+. The Balaban J connectivity index is 1.78. The molecule has 4 heteroatoms. The van der Waals surface area contributed by atoms with E-state index in [0.717, 1.165) is 30.5 Å². The number of hydrogen-bond donors (Lipinski definition) is 2. The summed E-state index contributed by atoms with van der Waals surface area (Å²) < 4.78 is 0. The molecule has 0 unspecified atom stereocenters. The van der Waals surface area contributed by atoms with Crippen LogP contribution < -0.4 is 5.32 Å². The monoisotopic (exact) mass is 273 g/mol. The lowest BCUT2D eigenvalue weighted by Gasteiger charge is -2.05. The highest BCUT2D eigenvalue weighted by atomic mass is 16.4. The summed E-state index contributed by atoms with van der Waals surface area (Å²) in [6.07, 6.45) is 7.51. The summed E-state index contributed by atoms with van der Waals surface area (Å²) in [5, 5.41) is 11.4. The van der Waals surface area contributed by atoms with E-state index in [2.05, 4.69) is 5.32 Å². The molecule has 106 valence electrons. The Hall–Kier alpha value is -2.10. The van der Waals surface area contributed by atoms with E-state index in [1.807, 2.05) is 0 Å². The Morgan fingerprint density at radius 3 is 2.55 bits per heavy atom. The zero-order valence-corrected chi connectivity index (χ0v) is 11.3. The number of aliphatic carboxylic acids is 1. The van der Waals surface area contributed by atoms with Gasteiger partial charge in [0.1, 0.15) is 0 Å². The highest BCUT2D eigenvalue weighted by Crippen LogP contribution is 2.33. The molecule has 0 aliphatic heterocycles. The zero-order valence-electron chi connectivity index (χ0n) is 11.3. The molecule has 1 aliphatic carbocycles. The second kappa shape index (κ2) is 6.89. The number of benzene rings is 1. The second-order valence-corrected chi connectivity index (χ2v) is 5.14. The summed E-state index contributed by atoms with van der Waals surface area (Å²) >= 11 is 0. The van der Waals surface area contributed by atoms with Crippen molar-refractivity contribution >= 4 is 18.0 Å². The third-order valence-electron chi connectivity index (χ3n) is 3.36. The minimum Gasteiger partial charge on any atom is -0.478 e. The maximum Gasteiger partial charge on any atom is 0.328 e. The van der Waals surface area contributed by atoms with Crippen molar-refractivity contribution in [2.45, 2.75) is 25.7 Å². The molecule has 4 nitrogen and oxygen atoms in total. The van der Waals surface area contributed by atoms with Crippen molar-refractivity contribution in [1.29, 1.82) is 0 Å². The number of carboxylic acids is 1. The number of carbonyl (C=O) groups excluding carboxylic acids is 1. The molecular weight excluding hydrogens is 254 g/mol. The van der Waals surface area contributed by atoms with Crippen LogP contribution in [0.2, 0.25) is 0 Å². The van der Waals surface area contributed by atoms with Gasteiger partial charge in [0, 0.05) is 18.2 Å². The summed E-state index contributed by atoms with van der Waals surface area (Å²) in [5.41, 5.74) is 1.36. The SMILES string of the molecule is O=C(O)/C=C/c1ccc(C(=O)NCCCC2CC2)cc1. The molecule has 0 aromatic heterocycles. The van der Waals surface area contributed by atoms with Crippen LogP contribution in [-0.2, 0) is 4.79 Å². The first-order chi connectivity index (χ1) is 9.65. The van der Waals surface area contributed by atoms with Crippen molar-refractivity contribution in [3.8, 4) is 0 Å². The van der Waals surface area contributed by atoms with Crippen molar-refractivity contribution in [3.63, 3.8) is 0 Å². The third kappa shape index (κ3) is 4.88. The highest BCUT2D eigenvalue weighted by molar-refractivity contribution is 5.94. The van der Waals surface area contributed by atoms with E-state index in [4.69, 9.17) is 5.11 Å². The Morgan fingerprint density at radius 1 is 1.25 bits per heavy atom. The fraction of sp³-hybridized carbons (Fsp3) is 0.375. The van der Waals surface area contributed by atoms with Gasteiger partial charge in [-0.05, 0) is 42.5 Å². The number of rotatable bonds is 7. The van der Waals surface area contributed by atoms with Crippen molar-refractivity contribution < 1.29 is 14.7 Å². The van der Waals surface area contributed by atoms with Gasteiger partial charge >= 0.3 is 5.97 Å². The Morgan fingerprint density at radius 2 is 1.95 bits per heavy atom. The first kappa shape index (κ1) is 14.3. The van der Waals surface area contributed by atoms with Crippen LogP contribution in [0.25, 0.3) is 6.08 Å². The molecule has 2 rings (SSSR count). The average Bonchev–Trinajstić information content (AvgIpc) is 3.26. The predicted octanol–water partition coefficient (Wildman–Crippen LogP) is 2.70. The molecule has 1 aromatic rings. The molecular formula is C16H19NO3. The fourth-order valence-electron chi connectivity index (χ4n) is 2.01. The van der Waals surface area contributed by atoms with E-state index < -0.39 is 5.97 Å². The third-order valence-corrected chi connectivity index (χ3v) is 3.36. The Bertz CT molecular complexity index is 501. The van der Waals surface area contributed by atoms with Gasteiger partial charge in [-0.25, -0.2) is 4.79 Å². The van der Waals surface area contributed by atoms with Crippen LogP contribution in [0.5, 0.6) is 0 Å². The van der Waals surface area contributed by atoms with Crippen molar-refractivity contribution in [2.75, 3.05) is 6.54 Å². The topological polar surface area (TPSA) is 66.4 Å². The summed E-state index contributed by atoms with van der Waals surface area (Å²) in [7, 11) is 0. The summed E-state index contributed by atoms with van der Waals surface area (Å²) in [5.74, 6) is -0.163. The molecule has 1 aromatic carbocycles. The summed E-state index contributed by atoms with van der Waals surface area (Å²) in [6.45, 7) is 0.718. The molecule has 0 spiro atoms. The van der Waals surface area contributed by atoms with Gasteiger partial charge in [-0.2, -0.15) is 0 Å². The molecule has 0 radical (unpaired) electrons. The largest absolute Gasteiger partial charge is 0.478 e. The molecule has 1 aliphatic rings. The van der Waals surface area contributed by atoms with Crippen molar-refractivity contribution in [1.82, 2.24) is 5.32 Å². The van der Waals surface area contributed by atoms with E-state index in [9.17, 15) is 9.59 Å². The Kier molecular flexibility index (Phi) is 4.93. The van der Waals surface area contributed by atoms with Gasteiger partial charge in [0.05, 0.1) is 0 Å². The minimum atomic E-state index is -0.984. The van der Waals surface area contributed by atoms with Crippen molar-refractivity contribution in [2.24, 2.45) is 5.92 Å². The van der Waals surface area contributed by atoms with Crippen LogP contribution in [0.1, 0.15) is 41.6 Å². The summed E-state index contributed by atoms with van der Waals surface area (Å²) in [4.78, 5) is 22.3. The maximum absolute atomic E-state index is 11.9. The molecule has 1 saturated carbocycles.